The number of hydrogen-bond donors (Lipinski definition) is 0. The monoisotopic (exact) mass is 175 g/mol. The van der Waals surface area contributed by atoms with Crippen LogP contribution in [0, 0.1) is 17.8 Å². The summed E-state index contributed by atoms with van der Waals surface area (Å²) in [5, 5.41) is 0. The third-order valence-electron chi connectivity index (χ3n) is 4.00. The Morgan fingerprint density at radius 3 is 2.62 bits per heavy atom. The molecule has 3 aliphatic carbocycles. The van der Waals surface area contributed by atoms with Gasteiger partial charge in [-0.05, 0) is 43.4 Å². The van der Waals surface area contributed by atoms with Crippen LogP contribution in [0.1, 0.15) is 25.7 Å². The van der Waals surface area contributed by atoms with E-state index in [0.717, 1.165) is 18.8 Å². The van der Waals surface area contributed by atoms with Crippen molar-refractivity contribution < 1.29 is 4.79 Å². The summed E-state index contributed by atoms with van der Waals surface area (Å²) in [6.07, 6.45) is 11.2. The van der Waals surface area contributed by atoms with E-state index >= 15 is 0 Å². The first-order valence-corrected chi connectivity index (χ1v) is 5.11. The summed E-state index contributed by atoms with van der Waals surface area (Å²) in [5.74, 6) is 2.16. The summed E-state index contributed by atoms with van der Waals surface area (Å²) in [5.41, 5.74) is 0.0337. The van der Waals surface area contributed by atoms with Crippen LogP contribution < -0.4 is 0 Å². The number of isocyanates is 1. The summed E-state index contributed by atoms with van der Waals surface area (Å²) in [4.78, 5) is 14.3. The average molecular weight is 175 g/mol. The predicted molar refractivity (Wildman–Crippen MR) is 48.9 cm³/mol. The van der Waals surface area contributed by atoms with Gasteiger partial charge in [-0.15, -0.1) is 0 Å². The van der Waals surface area contributed by atoms with Crippen molar-refractivity contribution in [1.29, 1.82) is 0 Å². The van der Waals surface area contributed by atoms with E-state index < -0.39 is 0 Å². The molecule has 13 heavy (non-hydrogen) atoms. The van der Waals surface area contributed by atoms with Crippen LogP contribution >= 0.6 is 0 Å². The molecule has 2 nitrogen and oxygen atoms in total. The average Bonchev–Trinajstić information content (AvgIpc) is 2.62. The Bertz CT molecular complexity index is 310. The number of nitrogens with zero attached hydrogens (tertiary/aromatic N) is 1. The van der Waals surface area contributed by atoms with E-state index in [1.807, 2.05) is 0 Å². The van der Waals surface area contributed by atoms with E-state index in [2.05, 4.69) is 17.1 Å². The minimum atomic E-state index is 0.0337. The van der Waals surface area contributed by atoms with Gasteiger partial charge in [0.25, 0.3) is 0 Å². The van der Waals surface area contributed by atoms with Crippen LogP contribution in [-0.2, 0) is 4.79 Å². The van der Waals surface area contributed by atoms with E-state index in [1.54, 1.807) is 6.08 Å². The minimum Gasteiger partial charge on any atom is -0.211 e. The highest BCUT2D eigenvalue weighted by atomic mass is 16.1. The number of carbonyl (C=O) groups excluding carboxylic acids is 1. The molecule has 2 heteroatoms. The Morgan fingerprint density at radius 1 is 1.31 bits per heavy atom. The molecule has 0 amide bonds. The highest BCUT2D eigenvalue weighted by molar-refractivity contribution is 5.37. The Balaban J connectivity index is 1.87. The van der Waals surface area contributed by atoms with Gasteiger partial charge in [-0.25, -0.2) is 4.79 Å². The van der Waals surface area contributed by atoms with Crippen LogP contribution in [-0.4, -0.2) is 11.6 Å². The van der Waals surface area contributed by atoms with Crippen LogP contribution in [0.2, 0.25) is 0 Å². The Morgan fingerprint density at radius 2 is 2.15 bits per heavy atom. The number of aliphatic imine (C=N–C) groups is 1. The van der Waals surface area contributed by atoms with E-state index in [9.17, 15) is 4.79 Å². The molecule has 0 aromatic carbocycles. The first-order valence-electron chi connectivity index (χ1n) is 5.11. The van der Waals surface area contributed by atoms with Gasteiger partial charge >= 0.3 is 0 Å². The normalized spacial score (nSPS) is 43.2. The van der Waals surface area contributed by atoms with Crippen LogP contribution in [0.5, 0.6) is 0 Å². The summed E-state index contributed by atoms with van der Waals surface area (Å²) in [6, 6.07) is 0. The molecular formula is C11H13NO. The second kappa shape index (κ2) is 2.33. The predicted octanol–water partition coefficient (Wildman–Crippen LogP) is 2.07. The van der Waals surface area contributed by atoms with Crippen molar-refractivity contribution in [2.24, 2.45) is 22.7 Å². The van der Waals surface area contributed by atoms with E-state index in [-0.39, 0.29) is 5.54 Å². The van der Waals surface area contributed by atoms with Gasteiger partial charge in [-0.3, -0.25) is 0 Å². The molecule has 3 atom stereocenters. The molecule has 3 aliphatic rings. The lowest BCUT2D eigenvalue weighted by Gasteiger charge is -2.23. The molecule has 0 heterocycles. The number of fused-ring (bicyclic) bond motifs is 2. The van der Waals surface area contributed by atoms with Gasteiger partial charge in [-0.2, -0.15) is 4.99 Å². The van der Waals surface area contributed by atoms with Gasteiger partial charge in [0.05, 0.1) is 5.54 Å². The van der Waals surface area contributed by atoms with Crippen LogP contribution in [0.15, 0.2) is 17.1 Å². The molecule has 3 unspecified atom stereocenters. The van der Waals surface area contributed by atoms with Crippen molar-refractivity contribution in [2.45, 2.75) is 31.2 Å². The molecule has 0 aromatic heterocycles. The lowest BCUT2D eigenvalue weighted by molar-refractivity contribution is 0.347. The molecule has 3 rings (SSSR count). The van der Waals surface area contributed by atoms with Gasteiger partial charge in [0.1, 0.15) is 0 Å². The Hall–Kier alpha value is -0.880. The van der Waals surface area contributed by atoms with Gasteiger partial charge in [0.15, 0.2) is 0 Å². The standard InChI is InChI=1S/C11H13NO/c13-7-12-11(3-4-11)10-6-8-1-2-9(10)5-8/h1-2,8-10H,3-6H2. The number of hydrogen-bond acceptors (Lipinski definition) is 2. The zero-order valence-corrected chi connectivity index (χ0v) is 7.57. The van der Waals surface area contributed by atoms with Crippen LogP contribution in [0.25, 0.3) is 0 Å². The maximum absolute atomic E-state index is 10.3. The van der Waals surface area contributed by atoms with Crippen molar-refractivity contribution >= 4 is 6.08 Å². The van der Waals surface area contributed by atoms with Crippen LogP contribution in [0.3, 0.4) is 0 Å². The topological polar surface area (TPSA) is 29.4 Å². The summed E-state index contributed by atoms with van der Waals surface area (Å²) in [7, 11) is 0. The van der Waals surface area contributed by atoms with Crippen molar-refractivity contribution in [1.82, 2.24) is 0 Å². The molecule has 0 radical (unpaired) electrons. The molecule has 0 N–H and O–H groups in total. The number of rotatable bonds is 2. The maximum Gasteiger partial charge on any atom is 0.235 e. The van der Waals surface area contributed by atoms with E-state index in [4.69, 9.17) is 0 Å². The molecule has 0 aliphatic heterocycles. The molecule has 0 spiro atoms. The summed E-state index contributed by atoms with van der Waals surface area (Å²) in [6.45, 7) is 0. The summed E-state index contributed by atoms with van der Waals surface area (Å²) >= 11 is 0. The zero-order chi connectivity index (χ0) is 8.89. The summed E-state index contributed by atoms with van der Waals surface area (Å²) < 4.78 is 0. The Kier molecular flexibility index (Phi) is 1.35. The van der Waals surface area contributed by atoms with Crippen molar-refractivity contribution in [3.05, 3.63) is 12.2 Å². The highest BCUT2D eigenvalue weighted by Crippen LogP contribution is 2.58. The van der Waals surface area contributed by atoms with Gasteiger partial charge in [0.2, 0.25) is 6.08 Å². The molecule has 0 saturated heterocycles. The second-order valence-electron chi connectivity index (χ2n) is 4.69. The Labute approximate surface area is 77.7 Å². The molecular weight excluding hydrogens is 162 g/mol. The van der Waals surface area contributed by atoms with Crippen molar-refractivity contribution in [3.63, 3.8) is 0 Å². The minimum absolute atomic E-state index is 0.0337. The van der Waals surface area contributed by atoms with Gasteiger partial charge in [-0.1, -0.05) is 12.2 Å². The van der Waals surface area contributed by atoms with Crippen molar-refractivity contribution in [3.8, 4) is 0 Å². The molecule has 2 bridgehead atoms. The maximum atomic E-state index is 10.3. The molecule has 0 aromatic rings. The fourth-order valence-corrected chi connectivity index (χ4v) is 3.18. The quantitative estimate of drug-likeness (QED) is 0.359. The lowest BCUT2D eigenvalue weighted by Crippen LogP contribution is -2.24. The smallest absolute Gasteiger partial charge is 0.211 e. The molecule has 2 fully saturated rings. The third-order valence-corrected chi connectivity index (χ3v) is 4.00. The third kappa shape index (κ3) is 0.955. The highest BCUT2D eigenvalue weighted by Gasteiger charge is 2.55. The van der Waals surface area contributed by atoms with Crippen LogP contribution in [0.4, 0.5) is 0 Å². The first kappa shape index (κ1) is 7.52. The van der Waals surface area contributed by atoms with E-state index in [0.29, 0.717) is 11.8 Å². The van der Waals surface area contributed by atoms with E-state index in [1.165, 1.54) is 12.8 Å². The van der Waals surface area contributed by atoms with Gasteiger partial charge < -0.3 is 0 Å². The van der Waals surface area contributed by atoms with Crippen molar-refractivity contribution in [2.75, 3.05) is 0 Å². The molecule has 68 valence electrons. The fourth-order valence-electron chi connectivity index (χ4n) is 3.18. The first-order chi connectivity index (χ1) is 6.34. The molecule has 2 saturated carbocycles. The van der Waals surface area contributed by atoms with Gasteiger partial charge in [0, 0.05) is 0 Å². The fraction of sp³-hybridized carbons (Fsp3) is 0.727. The second-order valence-corrected chi connectivity index (χ2v) is 4.69. The largest absolute Gasteiger partial charge is 0.235 e. The number of allylic oxidation sites excluding steroid dienone is 2. The SMILES string of the molecule is O=C=NC1(C2CC3C=CC2C3)CC1. The lowest BCUT2D eigenvalue weighted by atomic mass is 9.85. The zero-order valence-electron chi connectivity index (χ0n) is 7.57.